The van der Waals surface area contributed by atoms with E-state index < -0.39 is 0 Å². The molecule has 3 aromatic carbocycles. The number of rotatable bonds is 6. The maximum absolute atomic E-state index is 12.3. The number of amides is 1. The fraction of sp³-hybridized carbons (Fsp3) is 0.208. The van der Waals surface area contributed by atoms with E-state index in [1.54, 1.807) is 0 Å². The summed E-state index contributed by atoms with van der Waals surface area (Å²) in [5, 5.41) is 12.9. The van der Waals surface area contributed by atoms with E-state index in [0.29, 0.717) is 18.2 Å². The summed E-state index contributed by atoms with van der Waals surface area (Å²) < 4.78 is 5.59. The Morgan fingerprint density at radius 3 is 2.41 bits per heavy atom. The second-order valence-electron chi connectivity index (χ2n) is 7.48. The van der Waals surface area contributed by atoms with Crippen LogP contribution < -0.4 is 5.32 Å². The average molecular weight is 385 g/mol. The summed E-state index contributed by atoms with van der Waals surface area (Å²) in [5.74, 6) is 0.789. The quantitative estimate of drug-likeness (QED) is 0.500. The monoisotopic (exact) mass is 385 g/mol. The molecule has 5 nitrogen and oxygen atoms in total. The van der Waals surface area contributed by atoms with Crippen molar-refractivity contribution in [1.29, 1.82) is 0 Å². The molecule has 0 saturated carbocycles. The van der Waals surface area contributed by atoms with Crippen LogP contribution in [0.5, 0.6) is 0 Å². The summed E-state index contributed by atoms with van der Waals surface area (Å²) in [6.45, 7) is 4.33. The second-order valence-corrected chi connectivity index (χ2v) is 7.48. The molecule has 0 aliphatic rings. The number of hydrogen-bond acceptors (Lipinski definition) is 4. The fourth-order valence-corrected chi connectivity index (χ4v) is 3.27. The lowest BCUT2D eigenvalue weighted by atomic mass is 10.0. The van der Waals surface area contributed by atoms with Gasteiger partial charge in [0.2, 0.25) is 11.8 Å². The van der Waals surface area contributed by atoms with Gasteiger partial charge in [0.25, 0.3) is 0 Å². The van der Waals surface area contributed by atoms with Crippen LogP contribution in [0.15, 0.2) is 71.1 Å². The molecule has 0 aliphatic carbocycles. The molecule has 5 heteroatoms. The first-order valence-electron chi connectivity index (χ1n) is 9.75. The Balaban J connectivity index is 1.37. The van der Waals surface area contributed by atoms with Gasteiger partial charge < -0.3 is 4.42 Å². The van der Waals surface area contributed by atoms with Crippen LogP contribution in [0.4, 0.5) is 6.01 Å². The van der Waals surface area contributed by atoms with E-state index in [0.717, 1.165) is 21.9 Å². The summed E-state index contributed by atoms with van der Waals surface area (Å²) in [7, 11) is 0. The van der Waals surface area contributed by atoms with Crippen LogP contribution >= 0.6 is 0 Å². The molecule has 0 atom stereocenters. The van der Waals surface area contributed by atoms with Crippen LogP contribution in [0.1, 0.15) is 42.3 Å². The van der Waals surface area contributed by atoms with Gasteiger partial charge >= 0.3 is 6.01 Å². The minimum atomic E-state index is -0.184. The summed E-state index contributed by atoms with van der Waals surface area (Å²) in [5.41, 5.74) is 3.32. The number of anilines is 1. The second kappa shape index (κ2) is 8.27. The summed E-state index contributed by atoms with van der Waals surface area (Å²) >= 11 is 0. The standard InChI is InChI=1S/C24H23N3O2/c1-16(2)19-10-7-17(8-11-19)15-23-26-27-24(29-23)25-22(28)14-18-9-12-20-5-3-4-6-21(20)13-18/h3-13,16H,14-15H2,1-2H3,(H,25,27,28). The molecule has 0 saturated heterocycles. The summed E-state index contributed by atoms with van der Waals surface area (Å²) in [4.78, 5) is 12.3. The van der Waals surface area contributed by atoms with E-state index in [9.17, 15) is 4.79 Å². The maximum atomic E-state index is 12.3. The fourth-order valence-electron chi connectivity index (χ4n) is 3.27. The molecule has 4 aromatic rings. The zero-order valence-electron chi connectivity index (χ0n) is 16.6. The Morgan fingerprint density at radius 2 is 1.66 bits per heavy atom. The van der Waals surface area contributed by atoms with Gasteiger partial charge in [-0.15, -0.1) is 5.10 Å². The zero-order valence-corrected chi connectivity index (χ0v) is 16.6. The predicted molar refractivity (Wildman–Crippen MR) is 114 cm³/mol. The van der Waals surface area contributed by atoms with Crippen LogP contribution in [-0.2, 0) is 17.6 Å². The molecular weight excluding hydrogens is 362 g/mol. The molecular formula is C24H23N3O2. The number of carbonyl (C=O) groups is 1. The van der Waals surface area contributed by atoms with E-state index in [-0.39, 0.29) is 18.3 Å². The molecule has 0 bridgehead atoms. The average Bonchev–Trinajstić information content (AvgIpc) is 3.14. The normalized spacial score (nSPS) is 11.1. The van der Waals surface area contributed by atoms with Crippen molar-refractivity contribution in [3.63, 3.8) is 0 Å². The first-order valence-corrected chi connectivity index (χ1v) is 9.75. The van der Waals surface area contributed by atoms with Gasteiger partial charge in [-0.05, 0) is 33.4 Å². The van der Waals surface area contributed by atoms with Crippen molar-refractivity contribution in [2.75, 3.05) is 5.32 Å². The number of benzene rings is 3. The Morgan fingerprint density at radius 1 is 0.931 bits per heavy atom. The number of aromatic nitrogens is 2. The Hall–Kier alpha value is -3.47. The van der Waals surface area contributed by atoms with E-state index in [1.807, 2.05) is 36.4 Å². The van der Waals surface area contributed by atoms with Crippen molar-refractivity contribution in [3.05, 3.63) is 89.3 Å². The van der Waals surface area contributed by atoms with Gasteiger partial charge in [0.15, 0.2) is 0 Å². The molecule has 1 heterocycles. The highest BCUT2D eigenvalue weighted by Crippen LogP contribution is 2.18. The number of fused-ring (bicyclic) bond motifs is 1. The molecule has 1 amide bonds. The largest absolute Gasteiger partial charge is 0.407 e. The van der Waals surface area contributed by atoms with Crippen molar-refractivity contribution in [2.24, 2.45) is 0 Å². The highest BCUT2D eigenvalue weighted by Gasteiger charge is 2.11. The minimum Gasteiger partial charge on any atom is -0.407 e. The van der Waals surface area contributed by atoms with E-state index in [2.05, 4.69) is 59.7 Å². The molecule has 0 aliphatic heterocycles. The highest BCUT2D eigenvalue weighted by atomic mass is 16.4. The third-order valence-electron chi connectivity index (χ3n) is 4.89. The first-order chi connectivity index (χ1) is 14.1. The van der Waals surface area contributed by atoms with Gasteiger partial charge in [-0.3, -0.25) is 10.1 Å². The van der Waals surface area contributed by atoms with Crippen LogP contribution in [0, 0.1) is 0 Å². The maximum Gasteiger partial charge on any atom is 0.322 e. The van der Waals surface area contributed by atoms with Crippen LogP contribution in [0.3, 0.4) is 0 Å². The Labute approximate surface area is 169 Å². The van der Waals surface area contributed by atoms with Crippen LogP contribution in [0.2, 0.25) is 0 Å². The number of hydrogen-bond donors (Lipinski definition) is 1. The minimum absolute atomic E-state index is 0.129. The van der Waals surface area contributed by atoms with Gasteiger partial charge in [0, 0.05) is 0 Å². The van der Waals surface area contributed by atoms with Gasteiger partial charge in [-0.2, -0.15) is 0 Å². The molecule has 0 fully saturated rings. The number of carbonyl (C=O) groups excluding carboxylic acids is 1. The predicted octanol–water partition coefficient (Wildman–Crippen LogP) is 5.12. The lowest BCUT2D eigenvalue weighted by molar-refractivity contribution is -0.115. The van der Waals surface area contributed by atoms with E-state index in [4.69, 9.17) is 4.42 Å². The van der Waals surface area contributed by atoms with Crippen molar-refractivity contribution >= 4 is 22.7 Å². The topological polar surface area (TPSA) is 68.0 Å². The molecule has 1 aromatic heterocycles. The van der Waals surface area contributed by atoms with Crippen LogP contribution in [-0.4, -0.2) is 16.1 Å². The van der Waals surface area contributed by atoms with Crippen molar-refractivity contribution in [1.82, 2.24) is 10.2 Å². The van der Waals surface area contributed by atoms with E-state index in [1.165, 1.54) is 5.56 Å². The summed E-state index contributed by atoms with van der Waals surface area (Å²) in [6, 6.07) is 22.6. The highest BCUT2D eigenvalue weighted by molar-refractivity contribution is 5.91. The van der Waals surface area contributed by atoms with Crippen LogP contribution in [0.25, 0.3) is 10.8 Å². The van der Waals surface area contributed by atoms with Crippen molar-refractivity contribution < 1.29 is 9.21 Å². The molecule has 0 radical (unpaired) electrons. The van der Waals surface area contributed by atoms with Gasteiger partial charge in [0.1, 0.15) is 0 Å². The lowest BCUT2D eigenvalue weighted by Crippen LogP contribution is -2.14. The smallest absolute Gasteiger partial charge is 0.322 e. The van der Waals surface area contributed by atoms with Gasteiger partial charge in [-0.25, -0.2) is 0 Å². The molecule has 1 N–H and O–H groups in total. The molecule has 29 heavy (non-hydrogen) atoms. The van der Waals surface area contributed by atoms with E-state index >= 15 is 0 Å². The van der Waals surface area contributed by atoms with Gasteiger partial charge in [0.05, 0.1) is 12.8 Å². The SMILES string of the molecule is CC(C)c1ccc(Cc2nnc(NC(=O)Cc3ccc4ccccc4c3)o2)cc1. The third kappa shape index (κ3) is 4.69. The first kappa shape index (κ1) is 18.9. The number of nitrogens with one attached hydrogen (secondary N) is 1. The van der Waals surface area contributed by atoms with Crippen molar-refractivity contribution in [3.8, 4) is 0 Å². The molecule has 4 rings (SSSR count). The van der Waals surface area contributed by atoms with Crippen molar-refractivity contribution in [2.45, 2.75) is 32.6 Å². The number of nitrogens with zero attached hydrogens (tertiary/aromatic N) is 2. The molecule has 0 spiro atoms. The molecule has 146 valence electrons. The summed E-state index contributed by atoms with van der Waals surface area (Å²) in [6.07, 6.45) is 0.783. The van der Waals surface area contributed by atoms with Gasteiger partial charge in [-0.1, -0.05) is 85.7 Å². The Bertz CT molecular complexity index is 1130. The lowest BCUT2D eigenvalue weighted by Gasteiger charge is -2.05. The third-order valence-corrected chi connectivity index (χ3v) is 4.89. The zero-order chi connectivity index (χ0) is 20.2. The Kier molecular flexibility index (Phi) is 5.38. The molecule has 0 unspecified atom stereocenters.